The number of carbonyl (C=O) groups is 3. The van der Waals surface area contributed by atoms with Gasteiger partial charge in [0.1, 0.15) is 5.57 Å². The molecule has 0 aromatic heterocycles. The molecular weight excluding hydrogens is 396 g/mol. The van der Waals surface area contributed by atoms with Crippen molar-refractivity contribution in [2.24, 2.45) is 0 Å². The Balaban J connectivity index is 2.06. The minimum atomic E-state index is -0.830. The summed E-state index contributed by atoms with van der Waals surface area (Å²) in [5, 5.41) is 2.64. The molecule has 1 fully saturated rings. The second kappa shape index (κ2) is 8.36. The number of amides is 4. The third kappa shape index (κ3) is 4.25. The summed E-state index contributed by atoms with van der Waals surface area (Å²) in [6, 6.07) is 10.4. The van der Waals surface area contributed by atoms with Gasteiger partial charge in [-0.05, 0) is 50.3 Å². The Hall–Kier alpha value is -3.32. The Morgan fingerprint density at radius 3 is 2.38 bits per heavy atom. The van der Waals surface area contributed by atoms with Crippen molar-refractivity contribution in [3.8, 4) is 11.5 Å². The highest BCUT2D eigenvalue weighted by Gasteiger charge is 2.37. The first-order valence-corrected chi connectivity index (χ1v) is 9.20. The van der Waals surface area contributed by atoms with E-state index in [4.69, 9.17) is 21.1 Å². The van der Waals surface area contributed by atoms with Crippen LogP contribution >= 0.6 is 11.6 Å². The summed E-state index contributed by atoms with van der Waals surface area (Å²) >= 11 is 5.87. The molecule has 0 saturated carbocycles. The normalized spacial score (nSPS) is 15.7. The monoisotopic (exact) mass is 414 g/mol. The van der Waals surface area contributed by atoms with Crippen molar-refractivity contribution in [3.63, 3.8) is 0 Å². The van der Waals surface area contributed by atoms with E-state index >= 15 is 0 Å². The van der Waals surface area contributed by atoms with Crippen molar-refractivity contribution >= 4 is 41.2 Å². The second-order valence-corrected chi connectivity index (χ2v) is 6.92. The Bertz CT molecular complexity index is 999. The molecule has 0 unspecified atom stereocenters. The van der Waals surface area contributed by atoms with Gasteiger partial charge in [0.05, 0.1) is 18.9 Å². The topological polar surface area (TPSA) is 84.9 Å². The largest absolute Gasteiger partial charge is 0.493 e. The molecule has 2 aromatic carbocycles. The van der Waals surface area contributed by atoms with Crippen molar-refractivity contribution in [1.82, 2.24) is 5.32 Å². The van der Waals surface area contributed by atoms with Gasteiger partial charge < -0.3 is 9.47 Å². The fourth-order valence-corrected chi connectivity index (χ4v) is 2.93. The van der Waals surface area contributed by atoms with Crippen LogP contribution < -0.4 is 19.7 Å². The van der Waals surface area contributed by atoms with E-state index in [1.807, 2.05) is 13.8 Å². The molecule has 0 spiro atoms. The molecule has 1 aliphatic heterocycles. The summed E-state index contributed by atoms with van der Waals surface area (Å²) in [6.45, 7) is 3.70. The summed E-state index contributed by atoms with van der Waals surface area (Å²) in [5.41, 5.74) is 0.558. The van der Waals surface area contributed by atoms with Crippen LogP contribution in [0.3, 0.4) is 0 Å². The van der Waals surface area contributed by atoms with Crippen LogP contribution in [0.15, 0.2) is 48.0 Å². The number of methoxy groups -OCH3 is 1. The first kappa shape index (κ1) is 20.4. The van der Waals surface area contributed by atoms with Gasteiger partial charge in [-0.25, -0.2) is 9.69 Å². The number of nitrogens with zero attached hydrogens (tertiary/aromatic N) is 1. The number of ether oxygens (including phenoxy) is 2. The smallest absolute Gasteiger partial charge is 0.335 e. The molecule has 1 heterocycles. The average molecular weight is 415 g/mol. The van der Waals surface area contributed by atoms with Crippen LogP contribution in [0.4, 0.5) is 10.5 Å². The number of imide groups is 2. The van der Waals surface area contributed by atoms with Crippen LogP contribution in [0.1, 0.15) is 19.4 Å². The van der Waals surface area contributed by atoms with Crippen LogP contribution in [0.2, 0.25) is 5.02 Å². The van der Waals surface area contributed by atoms with E-state index in [-0.39, 0.29) is 11.7 Å². The van der Waals surface area contributed by atoms with E-state index in [9.17, 15) is 14.4 Å². The summed E-state index contributed by atoms with van der Waals surface area (Å²) in [6.07, 6.45) is 1.22. The Morgan fingerprint density at radius 2 is 1.76 bits per heavy atom. The van der Waals surface area contributed by atoms with Crippen LogP contribution in [0.5, 0.6) is 11.5 Å². The van der Waals surface area contributed by atoms with E-state index in [1.165, 1.54) is 25.3 Å². The lowest BCUT2D eigenvalue weighted by atomic mass is 10.1. The number of benzene rings is 2. The molecule has 8 heteroatoms. The molecule has 1 saturated heterocycles. The molecule has 1 N–H and O–H groups in total. The average Bonchev–Trinajstić information content (AvgIpc) is 2.67. The Morgan fingerprint density at radius 1 is 1.07 bits per heavy atom. The molecule has 2 aromatic rings. The summed E-state index contributed by atoms with van der Waals surface area (Å²) < 4.78 is 11.1. The Labute approximate surface area is 172 Å². The molecule has 4 amide bonds. The Kier molecular flexibility index (Phi) is 5.89. The highest BCUT2D eigenvalue weighted by atomic mass is 35.5. The summed E-state index contributed by atoms with van der Waals surface area (Å²) in [5.74, 6) is -0.682. The molecule has 0 atom stereocenters. The van der Waals surface area contributed by atoms with Gasteiger partial charge in [-0.1, -0.05) is 23.7 Å². The van der Waals surface area contributed by atoms with Gasteiger partial charge >= 0.3 is 6.03 Å². The van der Waals surface area contributed by atoms with Crippen molar-refractivity contribution in [3.05, 3.63) is 58.6 Å². The van der Waals surface area contributed by atoms with Gasteiger partial charge in [0.2, 0.25) is 0 Å². The van der Waals surface area contributed by atoms with E-state index in [0.29, 0.717) is 27.8 Å². The number of carbonyl (C=O) groups excluding carboxylic acids is 3. The quantitative estimate of drug-likeness (QED) is 0.594. The van der Waals surface area contributed by atoms with Crippen molar-refractivity contribution < 1.29 is 23.9 Å². The number of barbiturate groups is 1. The van der Waals surface area contributed by atoms with Crippen molar-refractivity contribution in [2.75, 3.05) is 12.0 Å². The number of para-hydroxylation sites is 1. The molecule has 29 heavy (non-hydrogen) atoms. The van der Waals surface area contributed by atoms with Crippen molar-refractivity contribution in [1.29, 1.82) is 0 Å². The molecule has 0 aliphatic carbocycles. The number of halogens is 1. The maximum atomic E-state index is 13.0. The lowest BCUT2D eigenvalue weighted by Gasteiger charge is -2.26. The SMILES string of the molecule is COc1cccc(C=C2C(=O)NC(=O)N(c3ccc(Cl)cc3)C2=O)c1OC(C)C. The minimum Gasteiger partial charge on any atom is -0.493 e. The lowest BCUT2D eigenvalue weighted by Crippen LogP contribution is -2.54. The van der Waals surface area contributed by atoms with Gasteiger partial charge in [0.15, 0.2) is 11.5 Å². The molecular formula is C21H19ClN2O5. The predicted molar refractivity (Wildman–Crippen MR) is 109 cm³/mol. The minimum absolute atomic E-state index is 0.161. The van der Waals surface area contributed by atoms with E-state index < -0.39 is 17.8 Å². The standard InChI is InChI=1S/C21H19ClN2O5/c1-12(2)29-18-13(5-4-6-17(18)28-3)11-16-19(25)23-21(27)24(20(16)26)15-9-7-14(22)8-10-15/h4-12H,1-3H3,(H,23,25,27). The molecule has 0 radical (unpaired) electrons. The van der Waals surface area contributed by atoms with Crippen LogP contribution in [-0.2, 0) is 9.59 Å². The number of nitrogens with one attached hydrogen (secondary N) is 1. The molecule has 150 valence electrons. The van der Waals surface area contributed by atoms with Gasteiger partial charge in [0.25, 0.3) is 11.8 Å². The first-order chi connectivity index (χ1) is 13.8. The number of anilines is 1. The maximum absolute atomic E-state index is 13.0. The lowest BCUT2D eigenvalue weighted by molar-refractivity contribution is -0.122. The number of rotatable bonds is 5. The van der Waals surface area contributed by atoms with Gasteiger partial charge in [-0.2, -0.15) is 0 Å². The highest BCUT2D eigenvalue weighted by Crippen LogP contribution is 2.34. The third-order valence-electron chi connectivity index (χ3n) is 4.07. The fraction of sp³-hybridized carbons (Fsp3) is 0.190. The zero-order valence-corrected chi connectivity index (χ0v) is 16.8. The second-order valence-electron chi connectivity index (χ2n) is 6.48. The highest BCUT2D eigenvalue weighted by molar-refractivity contribution is 6.39. The number of urea groups is 1. The van der Waals surface area contributed by atoms with Gasteiger partial charge in [0, 0.05) is 10.6 Å². The number of hydrogen-bond acceptors (Lipinski definition) is 5. The molecule has 3 rings (SSSR count). The zero-order valence-electron chi connectivity index (χ0n) is 16.1. The van der Waals surface area contributed by atoms with E-state index in [2.05, 4.69) is 5.32 Å². The van der Waals surface area contributed by atoms with Crippen molar-refractivity contribution in [2.45, 2.75) is 20.0 Å². The zero-order chi connectivity index (χ0) is 21.1. The van der Waals surface area contributed by atoms with E-state index in [1.54, 1.807) is 30.3 Å². The third-order valence-corrected chi connectivity index (χ3v) is 4.32. The van der Waals surface area contributed by atoms with Crippen LogP contribution in [0.25, 0.3) is 6.08 Å². The molecule has 7 nitrogen and oxygen atoms in total. The first-order valence-electron chi connectivity index (χ1n) is 8.82. The summed E-state index contributed by atoms with van der Waals surface area (Å²) in [7, 11) is 1.50. The number of hydrogen-bond donors (Lipinski definition) is 1. The van der Waals surface area contributed by atoms with Crippen LogP contribution in [-0.4, -0.2) is 31.1 Å². The van der Waals surface area contributed by atoms with Crippen LogP contribution in [0, 0.1) is 0 Å². The summed E-state index contributed by atoms with van der Waals surface area (Å²) in [4.78, 5) is 38.6. The van der Waals surface area contributed by atoms with Gasteiger partial charge in [-0.15, -0.1) is 0 Å². The maximum Gasteiger partial charge on any atom is 0.335 e. The van der Waals surface area contributed by atoms with Gasteiger partial charge in [-0.3, -0.25) is 14.9 Å². The van der Waals surface area contributed by atoms with E-state index in [0.717, 1.165) is 4.90 Å². The fourth-order valence-electron chi connectivity index (χ4n) is 2.81. The molecule has 0 bridgehead atoms. The predicted octanol–water partition coefficient (Wildman–Crippen LogP) is 3.80. The molecule has 1 aliphatic rings.